The van der Waals surface area contributed by atoms with Gasteiger partial charge in [0.15, 0.2) is 0 Å². The fraction of sp³-hybridized carbons (Fsp3) is 0.929. The van der Waals surface area contributed by atoms with E-state index in [1.807, 2.05) is 11.9 Å². The molecule has 0 heterocycles. The molecule has 0 aromatic carbocycles. The summed E-state index contributed by atoms with van der Waals surface area (Å²) in [6.45, 7) is 3.87. The van der Waals surface area contributed by atoms with Crippen LogP contribution in [0.2, 0.25) is 0 Å². The van der Waals surface area contributed by atoms with Gasteiger partial charge in [-0.05, 0) is 51.0 Å². The quantitative estimate of drug-likeness (QED) is 0.775. The van der Waals surface area contributed by atoms with Crippen molar-refractivity contribution in [3.63, 3.8) is 0 Å². The largest absolute Gasteiger partial charge is 0.346 e. The zero-order valence-electron chi connectivity index (χ0n) is 11.5. The van der Waals surface area contributed by atoms with Crippen LogP contribution in [0.25, 0.3) is 0 Å². The second-order valence-electron chi connectivity index (χ2n) is 5.41. The first-order valence-electron chi connectivity index (χ1n) is 7.14. The van der Waals surface area contributed by atoms with Crippen molar-refractivity contribution < 1.29 is 4.79 Å². The van der Waals surface area contributed by atoms with Gasteiger partial charge in [-0.25, -0.2) is 0 Å². The Hall–Kier alpha value is -0.570. The molecule has 1 saturated carbocycles. The van der Waals surface area contributed by atoms with Crippen molar-refractivity contribution in [1.82, 2.24) is 4.90 Å². The van der Waals surface area contributed by atoms with Gasteiger partial charge in [-0.1, -0.05) is 13.3 Å². The summed E-state index contributed by atoms with van der Waals surface area (Å²) in [6, 6.07) is 0. The van der Waals surface area contributed by atoms with Gasteiger partial charge in [0.05, 0.1) is 0 Å². The molecule has 0 radical (unpaired) electrons. The van der Waals surface area contributed by atoms with Crippen LogP contribution in [0.5, 0.6) is 0 Å². The lowest BCUT2D eigenvalue weighted by Gasteiger charge is -2.30. The summed E-state index contributed by atoms with van der Waals surface area (Å²) >= 11 is 0. The Labute approximate surface area is 106 Å². The summed E-state index contributed by atoms with van der Waals surface area (Å²) in [6.07, 6.45) is 7.92. The fourth-order valence-corrected chi connectivity index (χ4v) is 2.75. The molecule has 0 spiro atoms. The molecule has 17 heavy (non-hydrogen) atoms. The number of carbonyl (C=O) groups is 1. The van der Waals surface area contributed by atoms with Crippen LogP contribution in [0.1, 0.15) is 51.9 Å². The van der Waals surface area contributed by atoms with E-state index in [0.717, 1.165) is 51.1 Å². The minimum atomic E-state index is 0.283. The van der Waals surface area contributed by atoms with Crippen LogP contribution in [-0.4, -0.2) is 30.9 Å². The lowest BCUT2D eigenvalue weighted by molar-refractivity contribution is -0.135. The van der Waals surface area contributed by atoms with E-state index in [-0.39, 0.29) is 5.92 Å². The van der Waals surface area contributed by atoms with Gasteiger partial charge in [0.1, 0.15) is 0 Å². The first-order valence-corrected chi connectivity index (χ1v) is 7.14. The third kappa shape index (κ3) is 4.66. The van der Waals surface area contributed by atoms with E-state index in [9.17, 15) is 4.79 Å². The number of nitrogens with zero attached hydrogens (tertiary/aromatic N) is 1. The zero-order chi connectivity index (χ0) is 12.7. The Morgan fingerprint density at radius 3 is 2.47 bits per heavy atom. The van der Waals surface area contributed by atoms with E-state index in [0.29, 0.717) is 5.91 Å². The highest BCUT2D eigenvalue weighted by atomic mass is 16.2. The van der Waals surface area contributed by atoms with Crippen LogP contribution < -0.4 is 5.73 Å². The molecule has 1 aliphatic rings. The highest BCUT2D eigenvalue weighted by molar-refractivity contribution is 5.78. The van der Waals surface area contributed by atoms with Crippen molar-refractivity contribution in [3.05, 3.63) is 0 Å². The van der Waals surface area contributed by atoms with Gasteiger partial charge >= 0.3 is 0 Å². The molecular formula is C14H28N2O. The Bertz CT molecular complexity index is 222. The van der Waals surface area contributed by atoms with E-state index in [1.54, 1.807) is 0 Å². The molecule has 3 nitrogen and oxygen atoms in total. The van der Waals surface area contributed by atoms with Crippen LogP contribution in [0.3, 0.4) is 0 Å². The van der Waals surface area contributed by atoms with Crippen LogP contribution in [0.15, 0.2) is 0 Å². The van der Waals surface area contributed by atoms with Gasteiger partial charge in [-0.3, -0.25) is 4.79 Å². The smallest absolute Gasteiger partial charge is 0.225 e. The SMILES string of the molecule is CCCCN(C)C(=O)C1CCC(CCN)CC1. The minimum absolute atomic E-state index is 0.283. The molecule has 1 aliphatic carbocycles. The Kier molecular flexibility index (Phi) is 6.56. The first kappa shape index (κ1) is 14.5. The number of amides is 1. The summed E-state index contributed by atoms with van der Waals surface area (Å²) in [7, 11) is 1.95. The van der Waals surface area contributed by atoms with Crippen molar-refractivity contribution in [2.45, 2.75) is 51.9 Å². The maximum absolute atomic E-state index is 12.2. The van der Waals surface area contributed by atoms with Crippen molar-refractivity contribution in [1.29, 1.82) is 0 Å². The number of carbonyl (C=O) groups excluding carboxylic acids is 1. The van der Waals surface area contributed by atoms with Crippen molar-refractivity contribution >= 4 is 5.91 Å². The maximum Gasteiger partial charge on any atom is 0.225 e. The summed E-state index contributed by atoms with van der Waals surface area (Å²) in [5.41, 5.74) is 5.58. The van der Waals surface area contributed by atoms with E-state index in [4.69, 9.17) is 5.73 Å². The van der Waals surface area contributed by atoms with Crippen LogP contribution in [0.4, 0.5) is 0 Å². The molecule has 1 amide bonds. The summed E-state index contributed by atoms with van der Waals surface area (Å²) in [4.78, 5) is 14.1. The number of unbranched alkanes of at least 4 members (excludes halogenated alkanes) is 1. The lowest BCUT2D eigenvalue weighted by Crippen LogP contribution is -2.35. The van der Waals surface area contributed by atoms with Gasteiger partial charge in [0.25, 0.3) is 0 Å². The van der Waals surface area contributed by atoms with Crippen molar-refractivity contribution in [2.75, 3.05) is 20.1 Å². The summed E-state index contributed by atoms with van der Waals surface area (Å²) < 4.78 is 0. The fourth-order valence-electron chi connectivity index (χ4n) is 2.75. The highest BCUT2D eigenvalue weighted by Gasteiger charge is 2.27. The Balaban J connectivity index is 2.30. The predicted molar refractivity (Wildman–Crippen MR) is 71.7 cm³/mol. The third-order valence-corrected chi connectivity index (χ3v) is 3.99. The molecule has 1 rings (SSSR count). The number of rotatable bonds is 6. The van der Waals surface area contributed by atoms with E-state index >= 15 is 0 Å². The maximum atomic E-state index is 12.2. The second kappa shape index (κ2) is 7.70. The van der Waals surface area contributed by atoms with E-state index < -0.39 is 0 Å². The molecule has 0 bridgehead atoms. The molecule has 100 valence electrons. The number of hydrogen-bond donors (Lipinski definition) is 1. The van der Waals surface area contributed by atoms with Crippen molar-refractivity contribution in [3.8, 4) is 0 Å². The Morgan fingerprint density at radius 2 is 1.94 bits per heavy atom. The zero-order valence-corrected chi connectivity index (χ0v) is 11.5. The lowest BCUT2D eigenvalue weighted by atomic mass is 9.80. The molecule has 0 aliphatic heterocycles. The minimum Gasteiger partial charge on any atom is -0.346 e. The normalized spacial score (nSPS) is 24.6. The molecule has 3 heteroatoms. The topological polar surface area (TPSA) is 46.3 Å². The van der Waals surface area contributed by atoms with E-state index in [2.05, 4.69) is 6.92 Å². The van der Waals surface area contributed by atoms with Gasteiger partial charge < -0.3 is 10.6 Å². The predicted octanol–water partition coefficient (Wildman–Crippen LogP) is 2.40. The van der Waals surface area contributed by atoms with Crippen LogP contribution in [-0.2, 0) is 4.79 Å². The highest BCUT2D eigenvalue weighted by Crippen LogP contribution is 2.31. The third-order valence-electron chi connectivity index (χ3n) is 3.99. The molecule has 0 aromatic rings. The number of nitrogens with two attached hydrogens (primary N) is 1. The molecule has 0 unspecified atom stereocenters. The molecule has 1 fully saturated rings. The van der Waals surface area contributed by atoms with Gasteiger partial charge in [-0.15, -0.1) is 0 Å². The average molecular weight is 240 g/mol. The van der Waals surface area contributed by atoms with Gasteiger partial charge in [0, 0.05) is 19.5 Å². The van der Waals surface area contributed by atoms with Crippen LogP contribution in [0, 0.1) is 11.8 Å². The molecule has 0 atom stereocenters. The molecule has 2 N–H and O–H groups in total. The van der Waals surface area contributed by atoms with Crippen LogP contribution >= 0.6 is 0 Å². The van der Waals surface area contributed by atoms with Crippen molar-refractivity contribution in [2.24, 2.45) is 17.6 Å². The molecule has 0 aromatic heterocycles. The molecule has 0 saturated heterocycles. The van der Waals surface area contributed by atoms with Gasteiger partial charge in [0.2, 0.25) is 5.91 Å². The standard InChI is InChI=1S/C14H28N2O/c1-3-4-11-16(2)14(17)13-7-5-12(6-8-13)9-10-15/h12-13H,3-11,15H2,1-2H3. The summed E-state index contributed by atoms with van der Waals surface area (Å²) in [5.74, 6) is 1.42. The Morgan fingerprint density at radius 1 is 1.29 bits per heavy atom. The average Bonchev–Trinajstić information content (AvgIpc) is 2.36. The second-order valence-corrected chi connectivity index (χ2v) is 5.41. The summed E-state index contributed by atoms with van der Waals surface area (Å²) in [5, 5.41) is 0. The monoisotopic (exact) mass is 240 g/mol. The van der Waals surface area contributed by atoms with Gasteiger partial charge in [-0.2, -0.15) is 0 Å². The molecular weight excluding hydrogens is 212 g/mol. The number of hydrogen-bond acceptors (Lipinski definition) is 2. The first-order chi connectivity index (χ1) is 8.19. The van der Waals surface area contributed by atoms with E-state index in [1.165, 1.54) is 12.8 Å².